The number of carbonyl (C=O) groups is 2. The minimum atomic E-state index is -4.01. The highest BCUT2D eigenvalue weighted by atomic mass is 35.5. The fraction of sp³-hybridized carbons (Fsp3) is 0.194. The summed E-state index contributed by atoms with van der Waals surface area (Å²) < 4.78 is 33.3. The number of ether oxygens (including phenoxy) is 1. The molecule has 1 saturated heterocycles. The Morgan fingerprint density at radius 3 is 2.41 bits per heavy atom. The fourth-order valence-corrected chi connectivity index (χ4v) is 7.53. The molecule has 252 valence electrons. The van der Waals surface area contributed by atoms with Gasteiger partial charge in [0.25, 0.3) is 5.91 Å². The third-order valence-electron chi connectivity index (χ3n) is 8.13. The number of carbonyl (C=O) groups excluding carboxylic acids is 2. The number of aromatic amines is 1. The van der Waals surface area contributed by atoms with E-state index in [1.54, 1.807) is 42.6 Å². The van der Waals surface area contributed by atoms with Crippen LogP contribution in [-0.4, -0.2) is 44.0 Å². The molecule has 5 aromatic rings. The number of hydrogen-bond acceptors (Lipinski definition) is 6. The van der Waals surface area contributed by atoms with Crippen LogP contribution in [0.1, 0.15) is 42.3 Å². The number of imidazole rings is 1. The minimum Gasteiger partial charge on any atom is -0.453 e. The summed E-state index contributed by atoms with van der Waals surface area (Å²) in [6.45, 7) is 3.92. The van der Waals surface area contributed by atoms with Gasteiger partial charge in [-0.2, -0.15) is 8.42 Å². The number of hydrogen-bond donors (Lipinski definition) is 3. The molecule has 3 N–H and O–H groups in total. The van der Waals surface area contributed by atoms with E-state index < -0.39 is 28.1 Å². The Balaban J connectivity index is 1.41. The van der Waals surface area contributed by atoms with Crippen molar-refractivity contribution < 1.29 is 22.7 Å². The van der Waals surface area contributed by atoms with Gasteiger partial charge in [-0.05, 0) is 76.6 Å². The van der Waals surface area contributed by atoms with E-state index >= 15 is 0 Å². The molecule has 1 fully saturated rings. The molecule has 49 heavy (non-hydrogen) atoms. The maximum Gasteiger partial charge on any atom is 0.411 e. The van der Waals surface area contributed by atoms with E-state index in [2.05, 4.69) is 24.1 Å². The van der Waals surface area contributed by atoms with Gasteiger partial charge in [-0.3, -0.25) is 10.1 Å². The summed E-state index contributed by atoms with van der Waals surface area (Å²) >= 11 is 12.6. The average molecular weight is 719 g/mol. The smallest absolute Gasteiger partial charge is 0.411 e. The normalized spacial score (nSPS) is 14.5. The number of amides is 2. The van der Waals surface area contributed by atoms with Crippen molar-refractivity contribution in [3.05, 3.63) is 124 Å². The highest BCUT2D eigenvalue weighted by Gasteiger charge is 2.34. The summed E-state index contributed by atoms with van der Waals surface area (Å²) in [7, 11) is -2.68. The zero-order valence-electron chi connectivity index (χ0n) is 26.8. The topological polar surface area (TPSA) is 133 Å². The maximum absolute atomic E-state index is 12.7. The van der Waals surface area contributed by atoms with Gasteiger partial charge in [0.2, 0.25) is 0 Å². The first-order valence-corrected chi connectivity index (χ1v) is 17.6. The summed E-state index contributed by atoms with van der Waals surface area (Å²) in [5.41, 5.74) is 6.77. The van der Waals surface area contributed by atoms with Gasteiger partial charge in [0.1, 0.15) is 12.4 Å². The lowest BCUT2D eigenvalue weighted by Gasteiger charge is -2.20. The first-order valence-electron chi connectivity index (χ1n) is 15.4. The number of aromatic nitrogens is 2. The van der Waals surface area contributed by atoms with Gasteiger partial charge in [-0.1, -0.05) is 85.6 Å². The largest absolute Gasteiger partial charge is 0.453 e. The molecule has 1 atom stereocenters. The van der Waals surface area contributed by atoms with Crippen LogP contribution in [0.2, 0.25) is 10.0 Å². The summed E-state index contributed by atoms with van der Waals surface area (Å²) in [5, 5.41) is 3.80. The zero-order valence-corrected chi connectivity index (χ0v) is 29.2. The molecule has 0 saturated carbocycles. The molecule has 1 unspecified atom stereocenters. The number of nitrogens with one attached hydrogen (secondary N) is 3. The van der Waals surface area contributed by atoms with Gasteiger partial charge in [-0.15, -0.1) is 0 Å². The molecule has 4 aromatic carbocycles. The van der Waals surface area contributed by atoms with Crippen molar-refractivity contribution in [3.63, 3.8) is 0 Å². The van der Waals surface area contributed by atoms with E-state index in [1.165, 1.54) is 7.11 Å². The van der Waals surface area contributed by atoms with E-state index in [0.717, 1.165) is 38.5 Å². The molecule has 0 bridgehead atoms. The van der Waals surface area contributed by atoms with Gasteiger partial charge in [-0.25, -0.2) is 18.8 Å². The molecule has 0 aliphatic carbocycles. The Morgan fingerprint density at radius 1 is 0.980 bits per heavy atom. The highest BCUT2D eigenvalue weighted by molar-refractivity contribution is 7.92. The number of methoxy groups -OCH3 is 1. The molecular formula is C36H33Cl2N5O5S. The van der Waals surface area contributed by atoms with Gasteiger partial charge in [0.05, 0.1) is 29.4 Å². The lowest BCUT2D eigenvalue weighted by molar-refractivity contribution is -0.117. The molecule has 2 heterocycles. The van der Waals surface area contributed by atoms with Crippen LogP contribution in [0.3, 0.4) is 0 Å². The van der Waals surface area contributed by atoms with Crippen LogP contribution in [0.4, 0.5) is 16.2 Å². The molecule has 1 aromatic heterocycles. The number of H-pyrrole nitrogens is 1. The first kappa shape index (κ1) is 34.0. The Bertz CT molecular complexity index is 2150. The van der Waals surface area contributed by atoms with Crippen LogP contribution in [0.15, 0.2) is 91.1 Å². The summed E-state index contributed by atoms with van der Waals surface area (Å²) in [5.74, 6) is -0.0889. The third-order valence-corrected chi connectivity index (χ3v) is 10.1. The Labute approximate surface area is 294 Å². The Morgan fingerprint density at radius 2 is 1.73 bits per heavy atom. The Kier molecular flexibility index (Phi) is 9.69. The number of halogens is 2. The van der Waals surface area contributed by atoms with E-state index in [1.807, 2.05) is 53.3 Å². The Hall–Kier alpha value is -4.84. The van der Waals surface area contributed by atoms with E-state index in [9.17, 15) is 18.0 Å². The van der Waals surface area contributed by atoms with E-state index in [-0.39, 0.29) is 6.54 Å². The van der Waals surface area contributed by atoms with Gasteiger partial charge in [0, 0.05) is 22.5 Å². The first-order chi connectivity index (χ1) is 23.4. The van der Waals surface area contributed by atoms with Crippen molar-refractivity contribution in [3.8, 4) is 22.4 Å². The molecule has 0 radical (unpaired) electrons. The molecule has 13 heteroatoms. The van der Waals surface area contributed by atoms with Gasteiger partial charge >= 0.3 is 16.3 Å². The highest BCUT2D eigenvalue weighted by Crippen LogP contribution is 2.37. The molecular weight excluding hydrogens is 685 g/mol. The summed E-state index contributed by atoms with van der Waals surface area (Å²) in [6, 6.07) is 26.1. The molecule has 10 nitrogen and oxygen atoms in total. The average Bonchev–Trinajstić information content (AvgIpc) is 3.64. The van der Waals surface area contributed by atoms with Gasteiger partial charge < -0.3 is 9.72 Å². The van der Waals surface area contributed by atoms with Crippen molar-refractivity contribution in [2.24, 2.45) is 5.92 Å². The van der Waals surface area contributed by atoms with Crippen molar-refractivity contribution in [1.29, 1.82) is 0 Å². The SMILES string of the molecule is COC(=O)Nc1cc(-c2ccc(C(c3cccc(N4CC(=O)NS4(=O)=O)c3)c3nc(-c4ccc(Cl)cc4Cl)c[nH]3)cc2)ccc1CC(C)C. The number of rotatable bonds is 9. The fourth-order valence-electron chi connectivity index (χ4n) is 5.88. The van der Waals surface area contributed by atoms with Crippen molar-refractivity contribution >= 4 is 56.8 Å². The van der Waals surface area contributed by atoms with Crippen LogP contribution in [0, 0.1) is 5.92 Å². The van der Waals surface area contributed by atoms with Crippen LogP contribution >= 0.6 is 23.2 Å². The zero-order chi connectivity index (χ0) is 34.9. The van der Waals surface area contributed by atoms with Crippen molar-refractivity contribution in [2.75, 3.05) is 23.3 Å². The van der Waals surface area contributed by atoms with Crippen LogP contribution < -0.4 is 14.3 Å². The molecule has 2 amide bonds. The number of nitrogens with zero attached hydrogens (tertiary/aromatic N) is 2. The standard InChI is InChI=1S/C36H33Cl2N5O5S/c1-21(2)15-25-12-11-24(17-31(25)41-36(45)48-3)22-7-9-23(10-8-22)34(35-39-19-32(40-35)29-14-13-27(37)18-30(29)38)26-5-4-6-28(16-26)43-20-33(44)42-49(43,46)47/h4-14,16-19,21,34H,15,20H2,1-3H3,(H,39,40)(H,41,45)(H,42,44). The lowest BCUT2D eigenvalue weighted by atomic mass is 9.89. The van der Waals surface area contributed by atoms with Crippen LogP contribution in [-0.2, 0) is 26.2 Å². The molecule has 1 aliphatic heterocycles. The number of anilines is 2. The van der Waals surface area contributed by atoms with Crippen LogP contribution in [0.5, 0.6) is 0 Å². The van der Waals surface area contributed by atoms with E-state index in [0.29, 0.717) is 44.4 Å². The second-order valence-corrected chi connectivity index (χ2v) is 14.5. The summed E-state index contributed by atoms with van der Waals surface area (Å²) in [4.78, 5) is 32.4. The molecule has 0 spiro atoms. The second kappa shape index (κ2) is 13.9. The van der Waals surface area contributed by atoms with Gasteiger partial charge in [0.15, 0.2) is 0 Å². The van der Waals surface area contributed by atoms with Crippen molar-refractivity contribution in [2.45, 2.75) is 26.2 Å². The van der Waals surface area contributed by atoms with Crippen molar-refractivity contribution in [1.82, 2.24) is 14.7 Å². The summed E-state index contributed by atoms with van der Waals surface area (Å²) in [6.07, 6.45) is 2.01. The predicted molar refractivity (Wildman–Crippen MR) is 192 cm³/mol. The molecule has 6 rings (SSSR count). The van der Waals surface area contributed by atoms with Crippen LogP contribution in [0.25, 0.3) is 22.4 Å². The lowest BCUT2D eigenvalue weighted by Crippen LogP contribution is -2.29. The minimum absolute atomic E-state index is 0.312. The monoisotopic (exact) mass is 717 g/mol. The number of benzene rings is 4. The maximum atomic E-state index is 12.7. The quantitative estimate of drug-likeness (QED) is 0.143. The second-order valence-electron chi connectivity index (χ2n) is 12.1. The van der Waals surface area contributed by atoms with E-state index in [4.69, 9.17) is 32.9 Å². The molecule has 1 aliphatic rings. The predicted octanol–water partition coefficient (Wildman–Crippen LogP) is 7.79. The third kappa shape index (κ3) is 7.44.